The second-order valence-electron chi connectivity index (χ2n) is 9.26. The van der Waals surface area contributed by atoms with Gasteiger partial charge in [-0.2, -0.15) is 0 Å². The molecular formula is C22H34O4Si. The maximum atomic E-state index is 12.9. The topological polar surface area (TPSA) is 55.8 Å². The van der Waals surface area contributed by atoms with Crippen molar-refractivity contribution in [3.05, 3.63) is 35.4 Å². The number of fused-ring (bicyclic) bond motifs is 2. The normalized spacial score (nSPS) is 27.9. The van der Waals surface area contributed by atoms with Crippen molar-refractivity contribution in [2.24, 2.45) is 11.8 Å². The molecule has 3 aliphatic rings. The van der Waals surface area contributed by atoms with Gasteiger partial charge >= 0.3 is 5.97 Å². The molecule has 0 aliphatic heterocycles. The lowest BCUT2D eigenvalue weighted by molar-refractivity contribution is -0.182. The fourth-order valence-electron chi connectivity index (χ4n) is 4.74. The van der Waals surface area contributed by atoms with Gasteiger partial charge in [-0.15, -0.1) is 0 Å². The predicted octanol–water partition coefficient (Wildman–Crippen LogP) is 4.52. The first-order valence-electron chi connectivity index (χ1n) is 10.4. The van der Waals surface area contributed by atoms with Gasteiger partial charge in [-0.05, 0) is 48.3 Å². The van der Waals surface area contributed by atoms with Gasteiger partial charge in [-0.25, -0.2) is 0 Å². The highest BCUT2D eigenvalue weighted by atomic mass is 28.3. The van der Waals surface area contributed by atoms with Crippen molar-refractivity contribution in [3.63, 3.8) is 0 Å². The molecule has 27 heavy (non-hydrogen) atoms. The summed E-state index contributed by atoms with van der Waals surface area (Å²) in [7, 11) is -1.23. The molecule has 1 saturated carbocycles. The van der Waals surface area contributed by atoms with E-state index in [1.807, 2.05) is 13.0 Å². The molecule has 0 radical (unpaired) electrons. The second kappa shape index (κ2) is 8.46. The number of aliphatic hydroxyl groups excluding tert-OH is 1. The zero-order valence-corrected chi connectivity index (χ0v) is 18.1. The lowest BCUT2D eigenvalue weighted by atomic mass is 9.56. The van der Waals surface area contributed by atoms with Gasteiger partial charge in [0.05, 0.1) is 12.5 Å². The van der Waals surface area contributed by atoms with E-state index in [-0.39, 0.29) is 29.6 Å². The molecule has 3 aliphatic carbocycles. The Labute approximate surface area is 164 Å². The summed E-state index contributed by atoms with van der Waals surface area (Å²) in [6, 6.07) is 9.40. The van der Waals surface area contributed by atoms with Crippen LogP contribution in [0.5, 0.6) is 0 Å². The van der Waals surface area contributed by atoms with Crippen LogP contribution in [0, 0.1) is 11.8 Å². The van der Waals surface area contributed by atoms with E-state index in [1.54, 1.807) is 0 Å². The highest BCUT2D eigenvalue weighted by Crippen LogP contribution is 2.57. The number of hydrogen-bond donors (Lipinski definition) is 1. The maximum absolute atomic E-state index is 12.9. The Bertz CT molecular complexity index is 654. The fourth-order valence-corrected chi connectivity index (χ4v) is 5.47. The molecule has 0 aromatic heterocycles. The van der Waals surface area contributed by atoms with Crippen molar-refractivity contribution in [3.8, 4) is 0 Å². The van der Waals surface area contributed by atoms with Gasteiger partial charge in [0.2, 0.25) is 0 Å². The van der Waals surface area contributed by atoms with E-state index in [1.165, 1.54) is 11.1 Å². The number of carbonyl (C=O) groups excluding carboxylic acids is 1. The van der Waals surface area contributed by atoms with Gasteiger partial charge in [0.1, 0.15) is 0 Å². The van der Waals surface area contributed by atoms with Crippen molar-refractivity contribution in [1.82, 2.24) is 0 Å². The molecule has 1 N–H and O–H groups in total. The van der Waals surface area contributed by atoms with E-state index in [2.05, 4.69) is 37.8 Å². The SMILES string of the molecule is CCCOC(=O)C1C2CCC(c3ccccc32)C1C(O)OCC[Si](C)(C)C. The Morgan fingerprint density at radius 3 is 2.41 bits per heavy atom. The summed E-state index contributed by atoms with van der Waals surface area (Å²) in [6.07, 6.45) is 1.87. The van der Waals surface area contributed by atoms with Gasteiger partial charge in [0.15, 0.2) is 6.29 Å². The zero-order valence-electron chi connectivity index (χ0n) is 17.1. The van der Waals surface area contributed by atoms with Crippen molar-refractivity contribution < 1.29 is 19.4 Å². The molecule has 5 unspecified atom stereocenters. The summed E-state index contributed by atoms with van der Waals surface area (Å²) in [5.74, 6) is -0.418. The number of carbonyl (C=O) groups is 1. The van der Waals surface area contributed by atoms with Crippen LogP contribution >= 0.6 is 0 Å². The van der Waals surface area contributed by atoms with E-state index in [9.17, 15) is 9.90 Å². The molecule has 1 aromatic rings. The molecule has 0 saturated heterocycles. The second-order valence-corrected chi connectivity index (χ2v) is 14.9. The summed E-state index contributed by atoms with van der Waals surface area (Å²) >= 11 is 0. The Hall–Kier alpha value is -1.17. The van der Waals surface area contributed by atoms with Crippen LogP contribution in [0.15, 0.2) is 24.3 Å². The van der Waals surface area contributed by atoms with Crippen LogP contribution in [-0.4, -0.2) is 38.7 Å². The van der Waals surface area contributed by atoms with Crippen LogP contribution in [0.3, 0.4) is 0 Å². The summed E-state index contributed by atoms with van der Waals surface area (Å²) in [5.41, 5.74) is 2.55. The molecule has 0 amide bonds. The number of ether oxygens (including phenoxy) is 2. The molecule has 5 atom stereocenters. The third-order valence-electron chi connectivity index (χ3n) is 6.09. The van der Waals surface area contributed by atoms with Gasteiger partial charge < -0.3 is 14.6 Å². The van der Waals surface area contributed by atoms with Gasteiger partial charge in [-0.1, -0.05) is 50.8 Å². The van der Waals surface area contributed by atoms with Crippen molar-refractivity contribution in [2.45, 2.75) is 70.0 Å². The highest BCUT2D eigenvalue weighted by Gasteiger charge is 2.53. The average Bonchev–Trinajstić information content (AvgIpc) is 2.64. The molecule has 4 rings (SSSR count). The number of hydrogen-bond acceptors (Lipinski definition) is 4. The first-order valence-corrected chi connectivity index (χ1v) is 14.1. The molecule has 4 nitrogen and oxygen atoms in total. The largest absolute Gasteiger partial charge is 0.465 e. The van der Waals surface area contributed by atoms with Gasteiger partial charge in [-0.3, -0.25) is 4.79 Å². The van der Waals surface area contributed by atoms with Crippen LogP contribution in [0.4, 0.5) is 0 Å². The van der Waals surface area contributed by atoms with Crippen molar-refractivity contribution in [2.75, 3.05) is 13.2 Å². The summed E-state index contributed by atoms with van der Waals surface area (Å²) in [5, 5.41) is 10.9. The average molecular weight is 391 g/mol. The lowest BCUT2D eigenvalue weighted by Gasteiger charge is -2.49. The van der Waals surface area contributed by atoms with Gasteiger partial charge in [0.25, 0.3) is 0 Å². The number of esters is 1. The standard InChI is InChI=1S/C22H34O4Si/c1-5-12-25-21(23)19-17-10-11-18(16-9-7-6-8-15(16)17)20(19)22(24)26-13-14-27(2,3)4/h6-9,17-20,22,24H,5,10-14H2,1-4H3. The highest BCUT2D eigenvalue weighted by molar-refractivity contribution is 6.76. The first kappa shape index (κ1) is 20.6. The minimum atomic E-state index is -1.23. The summed E-state index contributed by atoms with van der Waals surface area (Å²) < 4.78 is 11.4. The third-order valence-corrected chi connectivity index (χ3v) is 7.79. The molecule has 2 bridgehead atoms. The van der Waals surface area contributed by atoms with Crippen LogP contribution in [-0.2, 0) is 14.3 Å². The molecule has 0 spiro atoms. The summed E-state index contributed by atoms with van der Waals surface area (Å²) in [6.45, 7) is 9.89. The number of rotatable bonds is 8. The van der Waals surface area contributed by atoms with Crippen LogP contribution in [0.2, 0.25) is 25.7 Å². The van der Waals surface area contributed by atoms with Crippen molar-refractivity contribution >= 4 is 14.0 Å². The van der Waals surface area contributed by atoms with E-state index in [0.29, 0.717) is 13.2 Å². The zero-order chi connectivity index (χ0) is 19.6. The Morgan fingerprint density at radius 2 is 1.78 bits per heavy atom. The van der Waals surface area contributed by atoms with E-state index >= 15 is 0 Å². The first-order chi connectivity index (χ1) is 12.8. The minimum absolute atomic E-state index is 0.121. The Morgan fingerprint density at radius 1 is 1.15 bits per heavy atom. The minimum Gasteiger partial charge on any atom is -0.465 e. The third kappa shape index (κ3) is 4.46. The number of aliphatic hydroxyl groups is 1. The number of benzene rings is 1. The molecule has 5 heteroatoms. The lowest BCUT2D eigenvalue weighted by Crippen LogP contribution is -2.48. The van der Waals surface area contributed by atoms with E-state index in [4.69, 9.17) is 9.47 Å². The van der Waals surface area contributed by atoms with E-state index in [0.717, 1.165) is 25.3 Å². The van der Waals surface area contributed by atoms with Crippen LogP contribution in [0.1, 0.15) is 49.1 Å². The predicted molar refractivity (Wildman–Crippen MR) is 109 cm³/mol. The molecule has 1 fully saturated rings. The van der Waals surface area contributed by atoms with Gasteiger partial charge in [0, 0.05) is 20.6 Å². The quantitative estimate of drug-likeness (QED) is 0.403. The van der Waals surface area contributed by atoms with Crippen LogP contribution < -0.4 is 0 Å². The van der Waals surface area contributed by atoms with Crippen molar-refractivity contribution in [1.29, 1.82) is 0 Å². The molecule has 0 heterocycles. The molecular weight excluding hydrogens is 356 g/mol. The Kier molecular flexibility index (Phi) is 6.44. The van der Waals surface area contributed by atoms with E-state index < -0.39 is 14.4 Å². The monoisotopic (exact) mass is 390 g/mol. The molecule has 150 valence electrons. The summed E-state index contributed by atoms with van der Waals surface area (Å²) in [4.78, 5) is 12.9. The molecule has 1 aromatic carbocycles. The van der Waals surface area contributed by atoms with Crippen LogP contribution in [0.25, 0.3) is 0 Å². The smallest absolute Gasteiger partial charge is 0.310 e. The maximum Gasteiger partial charge on any atom is 0.310 e. The fraction of sp³-hybridized carbons (Fsp3) is 0.682. The Balaban J connectivity index is 1.83.